The molecule has 0 spiro atoms. The topological polar surface area (TPSA) is 125 Å². The number of hydrogen-bond acceptors (Lipinski definition) is 7. The second-order valence-corrected chi connectivity index (χ2v) is 8.44. The lowest BCUT2D eigenvalue weighted by atomic mass is 9.92. The molecule has 0 aromatic carbocycles. The summed E-state index contributed by atoms with van der Waals surface area (Å²) in [6, 6.07) is 2.17. The molecule has 3 aromatic rings. The standard InChI is InChI=1S/C22H24N8O2/c1-3-18(31)30-9-15(17(11-30)13-4-5-13)12-32-21-19-14(6-23)7-24-20(19)27-22(28-21)26-16-8-25-29(2)10-16/h3,7-8,10,13,15,17H,1,4-5,9,11-12H2,2H3,(H2,24,26,27,28). The van der Waals surface area contributed by atoms with E-state index in [1.807, 2.05) is 18.1 Å². The number of aromatic nitrogens is 5. The molecule has 2 atom stereocenters. The number of likely N-dealkylation sites (tertiary alicyclic amines) is 1. The van der Waals surface area contributed by atoms with Gasteiger partial charge >= 0.3 is 0 Å². The largest absolute Gasteiger partial charge is 0.477 e. The second-order valence-electron chi connectivity index (χ2n) is 8.44. The molecule has 3 aromatic heterocycles. The van der Waals surface area contributed by atoms with Crippen molar-refractivity contribution >= 4 is 28.6 Å². The Labute approximate surface area is 184 Å². The summed E-state index contributed by atoms with van der Waals surface area (Å²) >= 11 is 0. The first kappa shape index (κ1) is 20.1. The van der Waals surface area contributed by atoms with Crippen molar-refractivity contribution in [3.8, 4) is 11.9 Å². The minimum absolute atomic E-state index is 0.0389. The molecule has 4 heterocycles. The molecule has 0 bridgehead atoms. The number of hydrogen-bond donors (Lipinski definition) is 2. The minimum Gasteiger partial charge on any atom is -0.477 e. The van der Waals surface area contributed by atoms with Crippen molar-refractivity contribution in [2.24, 2.45) is 24.8 Å². The van der Waals surface area contributed by atoms with E-state index in [-0.39, 0.29) is 11.8 Å². The Balaban J connectivity index is 1.41. The zero-order chi connectivity index (χ0) is 22.2. The summed E-state index contributed by atoms with van der Waals surface area (Å²) in [6.45, 7) is 5.41. The molecular weight excluding hydrogens is 408 g/mol. The van der Waals surface area contributed by atoms with Crippen LogP contribution in [-0.2, 0) is 11.8 Å². The van der Waals surface area contributed by atoms with Gasteiger partial charge in [0.1, 0.15) is 11.7 Å². The molecule has 1 saturated carbocycles. The van der Waals surface area contributed by atoms with Crippen molar-refractivity contribution in [3.05, 3.63) is 36.8 Å². The summed E-state index contributed by atoms with van der Waals surface area (Å²) in [5.74, 6) is 1.91. The number of aromatic amines is 1. The number of carbonyl (C=O) groups is 1. The van der Waals surface area contributed by atoms with Gasteiger partial charge in [0.2, 0.25) is 17.7 Å². The number of nitrogens with zero attached hydrogens (tertiary/aromatic N) is 6. The number of anilines is 2. The van der Waals surface area contributed by atoms with E-state index in [4.69, 9.17) is 4.74 Å². The van der Waals surface area contributed by atoms with Crippen LogP contribution in [0.1, 0.15) is 18.4 Å². The van der Waals surface area contributed by atoms with Gasteiger partial charge in [-0.3, -0.25) is 9.48 Å². The molecule has 2 fully saturated rings. The van der Waals surface area contributed by atoms with Crippen molar-refractivity contribution in [1.29, 1.82) is 5.26 Å². The summed E-state index contributed by atoms with van der Waals surface area (Å²) in [5.41, 5.74) is 1.69. The van der Waals surface area contributed by atoms with Crippen molar-refractivity contribution < 1.29 is 9.53 Å². The van der Waals surface area contributed by atoms with Gasteiger partial charge in [0.15, 0.2) is 0 Å². The zero-order valence-corrected chi connectivity index (χ0v) is 17.8. The van der Waals surface area contributed by atoms with E-state index in [1.165, 1.54) is 18.9 Å². The highest BCUT2D eigenvalue weighted by Gasteiger charge is 2.43. The molecule has 1 saturated heterocycles. The number of fused-ring (bicyclic) bond motifs is 1. The number of nitrogens with one attached hydrogen (secondary N) is 2. The van der Waals surface area contributed by atoms with Gasteiger partial charge in [-0.1, -0.05) is 6.58 Å². The minimum atomic E-state index is -0.0389. The third-order valence-electron chi connectivity index (χ3n) is 6.22. The van der Waals surface area contributed by atoms with Crippen molar-refractivity contribution in [3.63, 3.8) is 0 Å². The number of nitriles is 1. The first-order valence-electron chi connectivity index (χ1n) is 10.6. The van der Waals surface area contributed by atoms with Crippen LogP contribution in [-0.4, -0.2) is 55.2 Å². The van der Waals surface area contributed by atoms with E-state index in [9.17, 15) is 10.1 Å². The molecule has 1 amide bonds. The fourth-order valence-corrected chi connectivity index (χ4v) is 4.49. The number of carbonyl (C=O) groups excluding carboxylic acids is 1. The maximum Gasteiger partial charge on any atom is 0.245 e. The molecule has 10 nitrogen and oxygen atoms in total. The van der Waals surface area contributed by atoms with Gasteiger partial charge < -0.3 is 19.9 Å². The molecule has 2 N–H and O–H groups in total. The fraction of sp³-hybridized carbons (Fsp3) is 0.409. The van der Waals surface area contributed by atoms with Crippen LogP contribution in [0.25, 0.3) is 11.0 Å². The maximum absolute atomic E-state index is 12.2. The van der Waals surface area contributed by atoms with Crippen LogP contribution in [0.15, 0.2) is 31.2 Å². The molecule has 5 rings (SSSR count). The molecule has 10 heteroatoms. The van der Waals surface area contributed by atoms with E-state index in [0.29, 0.717) is 53.4 Å². The summed E-state index contributed by atoms with van der Waals surface area (Å²) in [4.78, 5) is 26.1. The summed E-state index contributed by atoms with van der Waals surface area (Å²) < 4.78 is 7.89. The predicted octanol–water partition coefficient (Wildman–Crippen LogP) is 2.36. The van der Waals surface area contributed by atoms with Crippen LogP contribution in [0.4, 0.5) is 11.6 Å². The molecule has 2 aliphatic rings. The molecule has 2 unspecified atom stereocenters. The van der Waals surface area contributed by atoms with Gasteiger partial charge in [0, 0.05) is 38.4 Å². The summed E-state index contributed by atoms with van der Waals surface area (Å²) in [7, 11) is 1.83. The Bertz CT molecular complexity index is 1220. The number of amides is 1. The molecule has 32 heavy (non-hydrogen) atoms. The first-order chi connectivity index (χ1) is 15.6. The number of rotatable bonds is 7. The van der Waals surface area contributed by atoms with Crippen LogP contribution in [0, 0.1) is 29.1 Å². The monoisotopic (exact) mass is 432 g/mol. The Hall–Kier alpha value is -3.87. The van der Waals surface area contributed by atoms with E-state index < -0.39 is 0 Å². The third kappa shape index (κ3) is 3.77. The number of H-pyrrole nitrogens is 1. The maximum atomic E-state index is 12.2. The Morgan fingerprint density at radius 2 is 2.28 bits per heavy atom. The highest BCUT2D eigenvalue weighted by Crippen LogP contribution is 2.44. The predicted molar refractivity (Wildman–Crippen MR) is 117 cm³/mol. The highest BCUT2D eigenvalue weighted by molar-refractivity contribution is 5.88. The highest BCUT2D eigenvalue weighted by atomic mass is 16.5. The fourth-order valence-electron chi connectivity index (χ4n) is 4.49. The van der Waals surface area contributed by atoms with E-state index in [1.54, 1.807) is 17.1 Å². The molecule has 1 aliphatic heterocycles. The number of ether oxygens (including phenoxy) is 1. The second kappa shape index (κ2) is 8.00. The summed E-state index contributed by atoms with van der Waals surface area (Å²) in [6.07, 6.45) is 8.86. The van der Waals surface area contributed by atoms with Crippen LogP contribution in [0.3, 0.4) is 0 Å². The van der Waals surface area contributed by atoms with Crippen LogP contribution in [0.2, 0.25) is 0 Å². The first-order valence-corrected chi connectivity index (χ1v) is 10.6. The smallest absolute Gasteiger partial charge is 0.245 e. The number of aryl methyl sites for hydroxylation is 1. The van der Waals surface area contributed by atoms with E-state index in [2.05, 4.69) is 38.0 Å². The lowest BCUT2D eigenvalue weighted by molar-refractivity contribution is -0.125. The SMILES string of the molecule is C=CC(=O)N1CC(COc2nc(Nc3cnn(C)c3)nc3[nH]cc(C#N)c23)C(C2CC2)C1. The van der Waals surface area contributed by atoms with Crippen LogP contribution >= 0.6 is 0 Å². The van der Waals surface area contributed by atoms with Gasteiger partial charge in [-0.25, -0.2) is 0 Å². The Morgan fingerprint density at radius 1 is 1.44 bits per heavy atom. The van der Waals surface area contributed by atoms with Crippen molar-refractivity contribution in [1.82, 2.24) is 29.6 Å². The Kier molecular flexibility index (Phi) is 5.01. The normalized spacial score (nSPS) is 20.3. The quantitative estimate of drug-likeness (QED) is 0.549. The van der Waals surface area contributed by atoms with Gasteiger partial charge in [0.05, 0.1) is 29.4 Å². The molecule has 1 aliphatic carbocycles. The van der Waals surface area contributed by atoms with Crippen molar-refractivity contribution in [2.75, 3.05) is 25.0 Å². The summed E-state index contributed by atoms with van der Waals surface area (Å²) in [5, 5.41) is 17.3. The zero-order valence-electron chi connectivity index (χ0n) is 17.8. The van der Waals surface area contributed by atoms with Crippen LogP contribution in [0.5, 0.6) is 5.88 Å². The lowest BCUT2D eigenvalue weighted by Crippen LogP contribution is -2.27. The molecular formula is C22H24N8O2. The van der Waals surface area contributed by atoms with Gasteiger partial charge in [-0.2, -0.15) is 20.3 Å². The average molecular weight is 432 g/mol. The van der Waals surface area contributed by atoms with Crippen molar-refractivity contribution in [2.45, 2.75) is 12.8 Å². The van der Waals surface area contributed by atoms with Gasteiger partial charge in [-0.05, 0) is 30.8 Å². The average Bonchev–Trinajstić information content (AvgIpc) is 3.21. The third-order valence-corrected chi connectivity index (χ3v) is 6.22. The lowest BCUT2D eigenvalue weighted by Gasteiger charge is -2.18. The van der Waals surface area contributed by atoms with E-state index >= 15 is 0 Å². The molecule has 0 radical (unpaired) electrons. The Morgan fingerprint density at radius 3 is 2.97 bits per heavy atom. The van der Waals surface area contributed by atoms with Crippen LogP contribution < -0.4 is 10.1 Å². The molecule has 164 valence electrons. The van der Waals surface area contributed by atoms with Gasteiger partial charge in [0.25, 0.3) is 0 Å². The van der Waals surface area contributed by atoms with Gasteiger partial charge in [-0.15, -0.1) is 0 Å². The van der Waals surface area contributed by atoms with E-state index in [0.717, 1.165) is 12.2 Å².